The van der Waals surface area contributed by atoms with Gasteiger partial charge in [0.15, 0.2) is 17.3 Å². The highest BCUT2D eigenvalue weighted by Crippen LogP contribution is 2.31. The van der Waals surface area contributed by atoms with Gasteiger partial charge in [-0.05, 0) is 36.1 Å². The van der Waals surface area contributed by atoms with E-state index in [1.165, 1.54) is 14.2 Å². The third-order valence-corrected chi connectivity index (χ3v) is 4.09. The van der Waals surface area contributed by atoms with Crippen molar-refractivity contribution in [2.75, 3.05) is 20.5 Å². The second kappa shape index (κ2) is 7.33. The molecule has 0 aliphatic carbocycles. The van der Waals surface area contributed by atoms with Gasteiger partial charge >= 0.3 is 0 Å². The number of Topliss-reactive ketones (excluding diaryl/α,β-unsaturated/α-hetero) is 1. The minimum absolute atomic E-state index is 0.347. The van der Waals surface area contributed by atoms with Crippen LogP contribution < -0.4 is 9.47 Å². The van der Waals surface area contributed by atoms with Gasteiger partial charge in [-0.15, -0.1) is 11.8 Å². The summed E-state index contributed by atoms with van der Waals surface area (Å²) < 4.78 is 10.3. The largest absolute Gasteiger partial charge is 0.493 e. The number of ether oxygens (including phenoxy) is 2. The molecule has 0 radical (unpaired) electrons. The molecular weight excluding hydrogens is 300 g/mol. The molecule has 0 aliphatic rings. The topological polar surface area (TPSA) is 55.8 Å². The highest BCUT2D eigenvalue weighted by Gasteiger charge is 2.20. The normalized spacial score (nSPS) is 11.8. The van der Waals surface area contributed by atoms with Crippen LogP contribution in [0.2, 0.25) is 0 Å². The standard InChI is InChI=1S/C17H18O4S/c1-20-14-9-6-12(10-15(14)21-2)17(19)16(18)11-4-7-13(22-3)8-5-11/h4-10,17,19H,1-3H3. The van der Waals surface area contributed by atoms with Gasteiger partial charge in [-0.25, -0.2) is 0 Å². The van der Waals surface area contributed by atoms with Crippen LogP contribution in [0.25, 0.3) is 0 Å². The molecule has 0 aromatic heterocycles. The first kappa shape index (κ1) is 16.4. The number of rotatable bonds is 6. The van der Waals surface area contributed by atoms with Crippen LogP contribution >= 0.6 is 11.8 Å². The lowest BCUT2D eigenvalue weighted by molar-refractivity contribution is 0.0747. The summed E-state index contributed by atoms with van der Waals surface area (Å²) in [7, 11) is 3.05. The maximum atomic E-state index is 12.4. The van der Waals surface area contributed by atoms with Crippen LogP contribution in [0.5, 0.6) is 11.5 Å². The predicted molar refractivity (Wildman–Crippen MR) is 87.1 cm³/mol. The molecule has 1 N–H and O–H groups in total. The smallest absolute Gasteiger partial charge is 0.195 e. The molecule has 0 amide bonds. The van der Waals surface area contributed by atoms with E-state index in [1.807, 2.05) is 18.4 Å². The number of carbonyl (C=O) groups is 1. The van der Waals surface area contributed by atoms with Gasteiger partial charge in [0.25, 0.3) is 0 Å². The van der Waals surface area contributed by atoms with E-state index in [0.717, 1.165) is 4.90 Å². The summed E-state index contributed by atoms with van der Waals surface area (Å²) in [6, 6.07) is 12.1. The number of carbonyl (C=O) groups excluding carboxylic acids is 1. The molecule has 2 aromatic carbocycles. The minimum atomic E-state index is -1.24. The van der Waals surface area contributed by atoms with Crippen LogP contribution in [0.4, 0.5) is 0 Å². The van der Waals surface area contributed by atoms with Crippen molar-refractivity contribution < 1.29 is 19.4 Å². The van der Waals surface area contributed by atoms with Crippen molar-refractivity contribution in [2.45, 2.75) is 11.0 Å². The number of aliphatic hydroxyl groups excluding tert-OH is 1. The van der Waals surface area contributed by atoms with Gasteiger partial charge in [-0.2, -0.15) is 0 Å². The number of aliphatic hydroxyl groups is 1. The monoisotopic (exact) mass is 318 g/mol. The van der Waals surface area contributed by atoms with Crippen LogP contribution in [-0.2, 0) is 0 Å². The zero-order valence-corrected chi connectivity index (χ0v) is 13.5. The van der Waals surface area contributed by atoms with Crippen molar-refractivity contribution in [3.63, 3.8) is 0 Å². The number of ketones is 1. The van der Waals surface area contributed by atoms with Crippen molar-refractivity contribution in [3.05, 3.63) is 53.6 Å². The highest BCUT2D eigenvalue weighted by atomic mass is 32.2. The van der Waals surface area contributed by atoms with Gasteiger partial charge in [-0.3, -0.25) is 4.79 Å². The zero-order chi connectivity index (χ0) is 16.1. The van der Waals surface area contributed by atoms with E-state index in [9.17, 15) is 9.90 Å². The summed E-state index contributed by atoms with van der Waals surface area (Å²) >= 11 is 1.60. The summed E-state index contributed by atoms with van der Waals surface area (Å²) in [5, 5.41) is 10.3. The number of hydrogen-bond acceptors (Lipinski definition) is 5. The molecule has 0 heterocycles. The average Bonchev–Trinajstić information content (AvgIpc) is 2.59. The van der Waals surface area contributed by atoms with E-state index in [0.29, 0.717) is 22.6 Å². The van der Waals surface area contributed by atoms with Gasteiger partial charge in [-0.1, -0.05) is 18.2 Å². The Labute approximate surface area is 134 Å². The summed E-state index contributed by atoms with van der Waals surface area (Å²) in [5.41, 5.74) is 0.941. The first-order chi connectivity index (χ1) is 10.6. The number of methoxy groups -OCH3 is 2. The van der Waals surface area contributed by atoms with Gasteiger partial charge in [0, 0.05) is 10.5 Å². The summed E-state index contributed by atoms with van der Waals surface area (Å²) in [6.07, 6.45) is 0.731. The van der Waals surface area contributed by atoms with Gasteiger partial charge < -0.3 is 14.6 Å². The molecule has 0 spiro atoms. The molecule has 5 heteroatoms. The lowest BCUT2D eigenvalue weighted by Crippen LogP contribution is -2.12. The van der Waals surface area contributed by atoms with Crippen LogP contribution in [0.1, 0.15) is 22.0 Å². The molecule has 0 aliphatic heterocycles. The zero-order valence-electron chi connectivity index (χ0n) is 12.7. The molecule has 1 atom stereocenters. The summed E-state index contributed by atoms with van der Waals surface area (Å²) in [5.74, 6) is 0.680. The quantitative estimate of drug-likeness (QED) is 0.654. The van der Waals surface area contributed by atoms with Crippen LogP contribution in [0.3, 0.4) is 0 Å². The van der Waals surface area contributed by atoms with Crippen molar-refractivity contribution in [2.24, 2.45) is 0 Å². The molecule has 2 aromatic rings. The van der Waals surface area contributed by atoms with E-state index in [1.54, 1.807) is 42.1 Å². The Morgan fingerprint density at radius 1 is 1.05 bits per heavy atom. The highest BCUT2D eigenvalue weighted by molar-refractivity contribution is 7.98. The lowest BCUT2D eigenvalue weighted by Gasteiger charge is -2.13. The van der Waals surface area contributed by atoms with Gasteiger partial charge in [0.2, 0.25) is 0 Å². The van der Waals surface area contributed by atoms with Crippen molar-refractivity contribution in [1.82, 2.24) is 0 Å². The fourth-order valence-electron chi connectivity index (χ4n) is 2.09. The average molecular weight is 318 g/mol. The Bertz CT molecular complexity index is 652. The van der Waals surface area contributed by atoms with E-state index >= 15 is 0 Å². The first-order valence-electron chi connectivity index (χ1n) is 6.69. The Balaban J connectivity index is 2.26. The molecule has 1 unspecified atom stereocenters. The summed E-state index contributed by atoms with van der Waals surface area (Å²) in [6.45, 7) is 0. The van der Waals surface area contributed by atoms with E-state index in [4.69, 9.17) is 9.47 Å². The molecule has 2 rings (SSSR count). The molecule has 0 fully saturated rings. The number of thioether (sulfide) groups is 1. The van der Waals surface area contributed by atoms with Crippen LogP contribution in [0, 0.1) is 0 Å². The van der Waals surface area contributed by atoms with Crippen molar-refractivity contribution in [1.29, 1.82) is 0 Å². The van der Waals surface area contributed by atoms with Gasteiger partial charge in [0.1, 0.15) is 6.10 Å². The number of hydrogen-bond donors (Lipinski definition) is 1. The summed E-state index contributed by atoms with van der Waals surface area (Å²) in [4.78, 5) is 13.4. The Hall–Kier alpha value is -1.98. The predicted octanol–water partition coefficient (Wildman–Crippen LogP) is 3.34. The minimum Gasteiger partial charge on any atom is -0.493 e. The molecule has 0 saturated heterocycles. The van der Waals surface area contributed by atoms with Crippen LogP contribution in [-0.4, -0.2) is 31.4 Å². The Morgan fingerprint density at radius 3 is 2.23 bits per heavy atom. The van der Waals surface area contributed by atoms with Gasteiger partial charge in [0.05, 0.1) is 14.2 Å². The van der Waals surface area contributed by atoms with Crippen molar-refractivity contribution in [3.8, 4) is 11.5 Å². The third-order valence-electron chi connectivity index (χ3n) is 3.35. The maximum Gasteiger partial charge on any atom is 0.195 e. The fraction of sp³-hybridized carbons (Fsp3) is 0.235. The molecule has 0 saturated carbocycles. The molecule has 22 heavy (non-hydrogen) atoms. The second-order valence-corrected chi connectivity index (χ2v) is 5.49. The molecule has 116 valence electrons. The van der Waals surface area contributed by atoms with Crippen molar-refractivity contribution >= 4 is 17.5 Å². The van der Waals surface area contributed by atoms with E-state index in [2.05, 4.69) is 0 Å². The molecular formula is C17H18O4S. The number of benzene rings is 2. The van der Waals surface area contributed by atoms with E-state index in [-0.39, 0.29) is 5.78 Å². The molecule has 0 bridgehead atoms. The van der Waals surface area contributed by atoms with E-state index < -0.39 is 6.10 Å². The Kier molecular flexibility index (Phi) is 5.46. The maximum absolute atomic E-state index is 12.4. The third kappa shape index (κ3) is 3.43. The Morgan fingerprint density at radius 2 is 1.68 bits per heavy atom. The SMILES string of the molecule is COc1ccc(C(O)C(=O)c2ccc(SC)cc2)cc1OC. The van der Waals surface area contributed by atoms with Crippen LogP contribution in [0.15, 0.2) is 47.4 Å². The lowest BCUT2D eigenvalue weighted by atomic mass is 9.99. The fourth-order valence-corrected chi connectivity index (χ4v) is 2.50. The molecule has 4 nitrogen and oxygen atoms in total. The second-order valence-electron chi connectivity index (χ2n) is 4.61. The first-order valence-corrected chi connectivity index (χ1v) is 7.91.